The minimum Gasteiger partial charge on any atom is -0.466 e. The number of hydrogen-bond acceptors (Lipinski definition) is 7. The van der Waals surface area contributed by atoms with Gasteiger partial charge in [0.15, 0.2) is 0 Å². The molecule has 2 aliphatic heterocycles. The van der Waals surface area contributed by atoms with E-state index in [0.29, 0.717) is 19.4 Å². The van der Waals surface area contributed by atoms with Crippen LogP contribution in [-0.2, 0) is 23.8 Å². The lowest BCUT2D eigenvalue weighted by Gasteiger charge is -2.43. The molecule has 0 aromatic rings. The largest absolute Gasteiger partial charge is 0.466 e. The number of carbonyl (C=O) groups excluding carboxylic acids is 3. The first-order valence-corrected chi connectivity index (χ1v) is 11.0. The zero-order valence-corrected chi connectivity index (χ0v) is 19.5. The maximum Gasteiger partial charge on any atom is 0.410 e. The van der Waals surface area contributed by atoms with Gasteiger partial charge in [0, 0.05) is 19.1 Å². The number of amides is 1. The summed E-state index contributed by atoms with van der Waals surface area (Å²) in [4.78, 5) is 41.8. The van der Waals surface area contributed by atoms with E-state index in [1.54, 1.807) is 11.8 Å². The fourth-order valence-electron chi connectivity index (χ4n) is 4.12. The third-order valence-electron chi connectivity index (χ3n) is 5.22. The normalized spacial score (nSPS) is 25.7. The summed E-state index contributed by atoms with van der Waals surface area (Å²) in [7, 11) is 0. The van der Waals surface area contributed by atoms with Gasteiger partial charge in [0.2, 0.25) is 0 Å². The summed E-state index contributed by atoms with van der Waals surface area (Å²) < 4.78 is 16.4. The zero-order valence-electron chi connectivity index (χ0n) is 19.5. The van der Waals surface area contributed by atoms with Crippen molar-refractivity contribution in [1.29, 1.82) is 0 Å². The number of likely N-dealkylation sites (tertiary alicyclic amines) is 2. The molecule has 3 atom stereocenters. The highest BCUT2D eigenvalue weighted by atomic mass is 16.6. The van der Waals surface area contributed by atoms with Gasteiger partial charge in [0.05, 0.1) is 12.5 Å². The summed E-state index contributed by atoms with van der Waals surface area (Å²) in [5.41, 5.74) is -1.17. The molecule has 2 aliphatic rings. The Morgan fingerprint density at radius 2 is 1.53 bits per heavy atom. The lowest BCUT2D eigenvalue weighted by atomic mass is 9.90. The topological polar surface area (TPSA) is 85.4 Å². The van der Waals surface area contributed by atoms with E-state index in [9.17, 15) is 14.4 Å². The second kappa shape index (κ2) is 9.54. The molecule has 2 rings (SSSR count). The molecule has 0 radical (unpaired) electrons. The number of carbonyl (C=O) groups is 3. The monoisotopic (exact) mass is 426 g/mol. The van der Waals surface area contributed by atoms with Crippen molar-refractivity contribution in [2.24, 2.45) is 5.92 Å². The highest BCUT2D eigenvalue weighted by Crippen LogP contribution is 2.32. The molecular weight excluding hydrogens is 388 g/mol. The van der Waals surface area contributed by atoms with Crippen LogP contribution in [0, 0.1) is 5.92 Å². The molecule has 2 fully saturated rings. The summed E-state index contributed by atoms with van der Waals surface area (Å²) in [5.74, 6) is -1.13. The van der Waals surface area contributed by atoms with E-state index >= 15 is 0 Å². The third-order valence-corrected chi connectivity index (χ3v) is 5.22. The van der Waals surface area contributed by atoms with Crippen LogP contribution in [0.15, 0.2) is 0 Å². The molecule has 1 amide bonds. The van der Waals surface area contributed by atoms with Gasteiger partial charge in [0.25, 0.3) is 0 Å². The summed E-state index contributed by atoms with van der Waals surface area (Å²) in [6, 6.07) is -0.554. The predicted octanol–water partition coefficient (Wildman–Crippen LogP) is 2.98. The Labute approximate surface area is 180 Å². The van der Waals surface area contributed by atoms with Gasteiger partial charge >= 0.3 is 18.0 Å². The molecule has 0 saturated carbocycles. The van der Waals surface area contributed by atoms with Gasteiger partial charge in [-0.25, -0.2) is 4.79 Å². The Balaban J connectivity index is 2.18. The lowest BCUT2D eigenvalue weighted by molar-refractivity contribution is -0.165. The fraction of sp³-hybridized carbons (Fsp3) is 0.864. The van der Waals surface area contributed by atoms with E-state index in [1.165, 1.54) is 0 Å². The third kappa shape index (κ3) is 6.59. The van der Waals surface area contributed by atoms with Gasteiger partial charge in [-0.1, -0.05) is 0 Å². The number of rotatable bonds is 4. The van der Waals surface area contributed by atoms with Crippen molar-refractivity contribution in [3.8, 4) is 0 Å². The Hall–Kier alpha value is -1.83. The smallest absolute Gasteiger partial charge is 0.410 e. The van der Waals surface area contributed by atoms with Gasteiger partial charge in [-0.15, -0.1) is 0 Å². The second-order valence-electron chi connectivity index (χ2n) is 10.1. The van der Waals surface area contributed by atoms with Gasteiger partial charge in [0.1, 0.15) is 17.2 Å². The van der Waals surface area contributed by atoms with Crippen LogP contribution in [0.3, 0.4) is 0 Å². The quantitative estimate of drug-likeness (QED) is 0.505. The Morgan fingerprint density at radius 3 is 2.10 bits per heavy atom. The van der Waals surface area contributed by atoms with Crippen molar-refractivity contribution >= 4 is 18.0 Å². The highest BCUT2D eigenvalue weighted by Gasteiger charge is 2.46. The van der Waals surface area contributed by atoms with E-state index in [-0.39, 0.29) is 37.2 Å². The average molecular weight is 427 g/mol. The van der Waals surface area contributed by atoms with Crippen LogP contribution in [0.4, 0.5) is 4.79 Å². The van der Waals surface area contributed by atoms with E-state index in [2.05, 4.69) is 4.90 Å². The van der Waals surface area contributed by atoms with Crippen LogP contribution in [-0.4, -0.2) is 77.4 Å². The molecule has 0 aromatic carbocycles. The van der Waals surface area contributed by atoms with E-state index in [0.717, 1.165) is 13.0 Å². The van der Waals surface area contributed by atoms with Crippen LogP contribution in [0.1, 0.15) is 67.7 Å². The lowest BCUT2D eigenvalue weighted by Crippen LogP contribution is -2.58. The summed E-state index contributed by atoms with van der Waals surface area (Å²) in [6.07, 6.45) is 1.71. The van der Waals surface area contributed by atoms with E-state index in [4.69, 9.17) is 14.2 Å². The molecule has 0 N–H and O–H groups in total. The molecule has 172 valence electrons. The Morgan fingerprint density at radius 1 is 0.900 bits per heavy atom. The Bertz CT molecular complexity index is 637. The molecule has 8 nitrogen and oxygen atoms in total. The van der Waals surface area contributed by atoms with Crippen LogP contribution in [0.25, 0.3) is 0 Å². The molecule has 30 heavy (non-hydrogen) atoms. The molecule has 0 spiro atoms. The zero-order chi connectivity index (χ0) is 22.7. The van der Waals surface area contributed by atoms with Gasteiger partial charge < -0.3 is 19.1 Å². The van der Waals surface area contributed by atoms with Crippen molar-refractivity contribution in [3.63, 3.8) is 0 Å². The van der Waals surface area contributed by atoms with Crippen molar-refractivity contribution in [2.75, 3.05) is 26.2 Å². The molecule has 0 bridgehead atoms. The molecular formula is C22H38N2O6. The molecule has 0 aliphatic carbocycles. The minimum absolute atomic E-state index is 0.178. The summed E-state index contributed by atoms with van der Waals surface area (Å²) in [6.45, 7) is 14.4. The van der Waals surface area contributed by atoms with Crippen LogP contribution < -0.4 is 0 Å². The minimum atomic E-state index is -0.607. The first kappa shape index (κ1) is 24.4. The van der Waals surface area contributed by atoms with Crippen molar-refractivity contribution in [2.45, 2.75) is 91.0 Å². The van der Waals surface area contributed by atoms with Crippen molar-refractivity contribution < 1.29 is 28.6 Å². The summed E-state index contributed by atoms with van der Waals surface area (Å²) in [5, 5.41) is 0. The van der Waals surface area contributed by atoms with Gasteiger partial charge in [-0.2, -0.15) is 0 Å². The molecule has 0 aromatic heterocycles. The number of esters is 2. The highest BCUT2D eigenvalue weighted by molar-refractivity contribution is 5.78. The number of piperidine rings is 1. The molecule has 8 heteroatoms. The van der Waals surface area contributed by atoms with E-state index < -0.39 is 23.2 Å². The fourth-order valence-corrected chi connectivity index (χ4v) is 4.12. The second-order valence-corrected chi connectivity index (χ2v) is 10.1. The van der Waals surface area contributed by atoms with Gasteiger partial charge in [-0.3, -0.25) is 14.5 Å². The maximum absolute atomic E-state index is 12.8. The van der Waals surface area contributed by atoms with Crippen LogP contribution in [0.5, 0.6) is 0 Å². The average Bonchev–Trinajstić information content (AvgIpc) is 3.08. The summed E-state index contributed by atoms with van der Waals surface area (Å²) >= 11 is 0. The van der Waals surface area contributed by atoms with Crippen molar-refractivity contribution in [3.05, 3.63) is 0 Å². The molecule has 3 unspecified atom stereocenters. The Kier molecular flexibility index (Phi) is 7.77. The first-order chi connectivity index (χ1) is 13.8. The van der Waals surface area contributed by atoms with Crippen molar-refractivity contribution in [1.82, 2.24) is 9.80 Å². The maximum atomic E-state index is 12.8. The number of ether oxygens (including phenoxy) is 3. The number of hydrogen-bond donors (Lipinski definition) is 0. The van der Waals surface area contributed by atoms with E-state index in [1.807, 2.05) is 41.5 Å². The first-order valence-electron chi connectivity index (χ1n) is 11.0. The van der Waals surface area contributed by atoms with Gasteiger partial charge in [-0.05, 0) is 74.3 Å². The predicted molar refractivity (Wildman–Crippen MR) is 112 cm³/mol. The van der Waals surface area contributed by atoms with Crippen LogP contribution >= 0.6 is 0 Å². The van der Waals surface area contributed by atoms with Crippen LogP contribution in [0.2, 0.25) is 0 Å². The molecule has 2 heterocycles. The SMILES string of the molecule is CCOC(=O)C1CN(C(=O)OC(C)(C)C)CCC1N1CCCC1C(=O)OC(C)(C)C. The number of nitrogens with zero attached hydrogens (tertiary/aromatic N) is 2. The standard InChI is InChI=1S/C22H38N2O6/c1-8-28-18(25)15-14-23(20(27)30-22(5,6)7)13-11-16(15)24-12-9-10-17(24)19(26)29-21(2,3)4/h15-17H,8-14H2,1-7H3. The molecule has 2 saturated heterocycles.